The zero-order chi connectivity index (χ0) is 9.42. The minimum atomic E-state index is 0.0266. The fourth-order valence-electron chi connectivity index (χ4n) is 1.15. The van der Waals surface area contributed by atoms with Crippen molar-refractivity contribution in [3.8, 4) is 0 Å². The first-order chi connectivity index (χ1) is 6.18. The summed E-state index contributed by atoms with van der Waals surface area (Å²) in [6.07, 6.45) is 1.93. The molecule has 5 heteroatoms. The van der Waals surface area contributed by atoms with Crippen molar-refractivity contribution < 1.29 is 0 Å². The smallest absolute Gasteiger partial charge is 0.204 e. The third-order valence-corrected chi connectivity index (χ3v) is 2.45. The van der Waals surface area contributed by atoms with Gasteiger partial charge >= 0.3 is 0 Å². The van der Waals surface area contributed by atoms with Crippen LogP contribution in [-0.2, 0) is 0 Å². The van der Waals surface area contributed by atoms with Crippen molar-refractivity contribution >= 4 is 21.6 Å². The molecule has 0 aliphatic rings. The first-order valence-electron chi connectivity index (χ1n) is 3.94. The van der Waals surface area contributed by atoms with E-state index in [1.54, 1.807) is 0 Å². The molecule has 2 aromatic rings. The van der Waals surface area contributed by atoms with Gasteiger partial charge < -0.3 is 5.73 Å². The molecule has 4 nitrogen and oxygen atoms in total. The number of hydrogen-bond acceptors (Lipinski definition) is 3. The predicted octanol–water partition coefficient (Wildman–Crippen LogP) is 1.51. The van der Waals surface area contributed by atoms with E-state index in [1.807, 2.05) is 29.7 Å². The zero-order valence-electron chi connectivity index (χ0n) is 7.11. The number of rotatable bonds is 1. The number of hydrogen-bond donors (Lipinski definition) is 1. The second-order valence-corrected chi connectivity index (χ2v) is 3.66. The van der Waals surface area contributed by atoms with Crippen LogP contribution in [0.1, 0.15) is 18.5 Å². The Morgan fingerprint density at radius 1 is 1.46 bits per heavy atom. The molecule has 2 heterocycles. The quantitative estimate of drug-likeness (QED) is 0.823. The van der Waals surface area contributed by atoms with Gasteiger partial charge in [-0.3, -0.25) is 4.40 Å². The van der Waals surface area contributed by atoms with Crippen molar-refractivity contribution in [1.29, 1.82) is 0 Å². The van der Waals surface area contributed by atoms with Crippen LogP contribution >= 0.6 is 15.9 Å². The van der Waals surface area contributed by atoms with Crippen LogP contribution in [0.2, 0.25) is 0 Å². The van der Waals surface area contributed by atoms with Gasteiger partial charge in [0.25, 0.3) is 0 Å². The molecular weight excluding hydrogens is 232 g/mol. The lowest BCUT2D eigenvalue weighted by Gasteiger charge is -2.05. The van der Waals surface area contributed by atoms with Crippen molar-refractivity contribution in [1.82, 2.24) is 14.6 Å². The number of aromatic nitrogens is 3. The van der Waals surface area contributed by atoms with Crippen molar-refractivity contribution in [2.75, 3.05) is 0 Å². The van der Waals surface area contributed by atoms with Crippen LogP contribution in [0.4, 0.5) is 0 Å². The first-order valence-corrected chi connectivity index (χ1v) is 4.73. The fourth-order valence-corrected chi connectivity index (χ4v) is 1.51. The van der Waals surface area contributed by atoms with Gasteiger partial charge in [-0.25, -0.2) is 0 Å². The van der Waals surface area contributed by atoms with Gasteiger partial charge in [-0.2, -0.15) is 0 Å². The molecule has 2 aromatic heterocycles. The molecule has 0 aliphatic carbocycles. The summed E-state index contributed by atoms with van der Waals surface area (Å²) in [6, 6.07) is 3.89. The molecule has 2 N–H and O–H groups in total. The molecule has 0 bridgehead atoms. The predicted molar refractivity (Wildman–Crippen MR) is 53.3 cm³/mol. The summed E-state index contributed by atoms with van der Waals surface area (Å²) in [5.41, 5.74) is 7.63. The van der Waals surface area contributed by atoms with E-state index in [0.29, 0.717) is 4.73 Å². The van der Waals surface area contributed by atoms with Gasteiger partial charge in [-0.05, 0) is 34.5 Å². The maximum absolute atomic E-state index is 5.75. The average Bonchev–Trinajstić information content (AvgIpc) is 2.47. The Kier molecular flexibility index (Phi) is 2.05. The monoisotopic (exact) mass is 240 g/mol. The Morgan fingerprint density at radius 2 is 2.23 bits per heavy atom. The Morgan fingerprint density at radius 3 is 2.92 bits per heavy atom. The molecule has 0 spiro atoms. The van der Waals surface area contributed by atoms with Crippen LogP contribution < -0.4 is 5.73 Å². The minimum Gasteiger partial charge on any atom is -0.324 e. The van der Waals surface area contributed by atoms with Crippen molar-refractivity contribution in [2.45, 2.75) is 13.0 Å². The van der Waals surface area contributed by atoms with Crippen LogP contribution in [0.15, 0.2) is 23.1 Å². The van der Waals surface area contributed by atoms with Crippen LogP contribution in [-0.4, -0.2) is 14.6 Å². The van der Waals surface area contributed by atoms with E-state index < -0.39 is 0 Å². The Hall–Kier alpha value is -0.940. The van der Waals surface area contributed by atoms with E-state index in [4.69, 9.17) is 5.73 Å². The molecule has 1 unspecified atom stereocenters. The Bertz CT molecular complexity index is 435. The topological polar surface area (TPSA) is 56.2 Å². The largest absolute Gasteiger partial charge is 0.324 e. The van der Waals surface area contributed by atoms with Crippen LogP contribution in [0, 0.1) is 0 Å². The Balaban J connectivity index is 2.66. The standard InChI is InChI=1S/C8H9BrN4/c1-5(10)6-2-3-7-11-12-8(9)13(7)4-6/h2-5H,10H2,1H3. The zero-order valence-corrected chi connectivity index (χ0v) is 8.69. The fraction of sp³-hybridized carbons (Fsp3) is 0.250. The molecule has 0 aliphatic heterocycles. The lowest BCUT2D eigenvalue weighted by Crippen LogP contribution is -2.05. The molecule has 0 aromatic carbocycles. The maximum atomic E-state index is 5.75. The van der Waals surface area contributed by atoms with Gasteiger partial charge in [0.1, 0.15) is 0 Å². The summed E-state index contributed by atoms with van der Waals surface area (Å²) in [6.45, 7) is 1.94. The van der Waals surface area contributed by atoms with Gasteiger partial charge in [-0.1, -0.05) is 6.07 Å². The van der Waals surface area contributed by atoms with Gasteiger partial charge in [0.05, 0.1) is 0 Å². The average molecular weight is 241 g/mol. The molecule has 0 saturated heterocycles. The number of pyridine rings is 1. The van der Waals surface area contributed by atoms with E-state index in [0.717, 1.165) is 11.2 Å². The summed E-state index contributed by atoms with van der Waals surface area (Å²) < 4.78 is 2.56. The maximum Gasteiger partial charge on any atom is 0.204 e. The summed E-state index contributed by atoms with van der Waals surface area (Å²) in [4.78, 5) is 0. The van der Waals surface area contributed by atoms with Gasteiger partial charge in [0, 0.05) is 12.2 Å². The molecule has 1 atom stereocenters. The highest BCUT2D eigenvalue weighted by molar-refractivity contribution is 9.10. The third kappa shape index (κ3) is 1.45. The first kappa shape index (κ1) is 8.65. The van der Waals surface area contributed by atoms with Crippen LogP contribution in [0.5, 0.6) is 0 Å². The van der Waals surface area contributed by atoms with Crippen LogP contribution in [0.25, 0.3) is 5.65 Å². The van der Waals surface area contributed by atoms with E-state index >= 15 is 0 Å². The lowest BCUT2D eigenvalue weighted by molar-refractivity contribution is 0.807. The molecule has 0 amide bonds. The molecule has 13 heavy (non-hydrogen) atoms. The number of nitrogens with zero attached hydrogens (tertiary/aromatic N) is 3. The van der Waals surface area contributed by atoms with Crippen molar-refractivity contribution in [3.63, 3.8) is 0 Å². The molecule has 0 fully saturated rings. The summed E-state index contributed by atoms with van der Waals surface area (Å²) in [5.74, 6) is 0. The van der Waals surface area contributed by atoms with E-state index in [2.05, 4.69) is 26.1 Å². The van der Waals surface area contributed by atoms with E-state index in [-0.39, 0.29) is 6.04 Å². The number of halogens is 1. The summed E-state index contributed by atoms with van der Waals surface area (Å²) in [5, 5.41) is 7.83. The third-order valence-electron chi connectivity index (χ3n) is 1.91. The Labute approximate surface area is 83.9 Å². The number of nitrogens with two attached hydrogens (primary N) is 1. The SMILES string of the molecule is CC(N)c1ccc2nnc(Br)n2c1. The highest BCUT2D eigenvalue weighted by Gasteiger charge is 2.04. The van der Waals surface area contributed by atoms with Crippen molar-refractivity contribution in [2.24, 2.45) is 5.73 Å². The molecule has 68 valence electrons. The molecule has 2 rings (SSSR count). The van der Waals surface area contributed by atoms with Gasteiger partial charge in [0.2, 0.25) is 4.73 Å². The molecule has 0 saturated carbocycles. The van der Waals surface area contributed by atoms with E-state index in [9.17, 15) is 0 Å². The van der Waals surface area contributed by atoms with Gasteiger partial charge in [-0.15, -0.1) is 10.2 Å². The highest BCUT2D eigenvalue weighted by Crippen LogP contribution is 2.14. The molecular formula is C8H9BrN4. The van der Waals surface area contributed by atoms with Crippen LogP contribution in [0.3, 0.4) is 0 Å². The summed E-state index contributed by atoms with van der Waals surface area (Å²) >= 11 is 3.30. The lowest BCUT2D eigenvalue weighted by atomic mass is 10.2. The highest BCUT2D eigenvalue weighted by atomic mass is 79.9. The van der Waals surface area contributed by atoms with Gasteiger partial charge in [0.15, 0.2) is 5.65 Å². The second-order valence-electron chi connectivity index (χ2n) is 2.95. The normalized spacial score (nSPS) is 13.5. The number of fused-ring (bicyclic) bond motifs is 1. The minimum absolute atomic E-state index is 0.0266. The second kappa shape index (κ2) is 3.08. The van der Waals surface area contributed by atoms with E-state index in [1.165, 1.54) is 0 Å². The molecule has 0 radical (unpaired) electrons. The van der Waals surface area contributed by atoms with Crippen molar-refractivity contribution in [3.05, 3.63) is 28.6 Å². The summed E-state index contributed by atoms with van der Waals surface area (Å²) in [7, 11) is 0.